The van der Waals surface area contributed by atoms with Crippen molar-refractivity contribution < 1.29 is 14.1 Å². The number of nitro groups is 1. The normalized spacial score (nSPS) is 12.0. The van der Waals surface area contributed by atoms with Crippen LogP contribution in [0.25, 0.3) is 0 Å². The van der Waals surface area contributed by atoms with E-state index in [-0.39, 0.29) is 17.5 Å². The van der Waals surface area contributed by atoms with Crippen LogP contribution < -0.4 is 5.32 Å². The molecule has 0 spiro atoms. The van der Waals surface area contributed by atoms with Crippen molar-refractivity contribution in [1.29, 1.82) is 0 Å². The first-order valence-corrected chi connectivity index (χ1v) is 9.56. The number of amides is 1. The summed E-state index contributed by atoms with van der Waals surface area (Å²) in [5.74, 6) is -0.696. The second kappa shape index (κ2) is 8.52. The van der Waals surface area contributed by atoms with Crippen LogP contribution in [-0.4, -0.2) is 30.4 Å². The van der Waals surface area contributed by atoms with Gasteiger partial charge in [-0.15, -0.1) is 0 Å². The fourth-order valence-electron chi connectivity index (χ4n) is 2.88. The van der Waals surface area contributed by atoms with Crippen LogP contribution in [0, 0.1) is 22.9 Å². The van der Waals surface area contributed by atoms with E-state index < -0.39 is 11.0 Å². The van der Waals surface area contributed by atoms with Gasteiger partial charge in [0.25, 0.3) is 5.91 Å². The summed E-state index contributed by atoms with van der Waals surface area (Å²) in [4.78, 5) is 23.1. The number of nitrogens with one attached hydrogen (secondary N) is 1. The molecule has 0 radical (unpaired) electrons. The lowest BCUT2D eigenvalue weighted by Crippen LogP contribution is -2.27. The van der Waals surface area contributed by atoms with E-state index in [1.165, 1.54) is 22.9 Å². The van der Waals surface area contributed by atoms with Crippen LogP contribution in [0.3, 0.4) is 0 Å². The Morgan fingerprint density at radius 1 is 1.34 bits per heavy atom. The molecule has 1 unspecified atom stereocenters. The number of halogens is 2. The molecule has 2 heterocycles. The van der Waals surface area contributed by atoms with Crippen LogP contribution in [0.15, 0.2) is 41.0 Å². The highest BCUT2D eigenvalue weighted by molar-refractivity contribution is 9.10. The average molecular weight is 465 g/mol. The summed E-state index contributed by atoms with van der Waals surface area (Å²) >= 11 is 3.37. The van der Waals surface area contributed by atoms with Gasteiger partial charge in [-0.05, 0) is 51.9 Å². The van der Waals surface area contributed by atoms with Gasteiger partial charge in [0.2, 0.25) is 0 Å². The van der Waals surface area contributed by atoms with Gasteiger partial charge < -0.3 is 15.4 Å². The third kappa shape index (κ3) is 4.67. The minimum absolute atomic E-state index is 0.307. The zero-order valence-corrected chi connectivity index (χ0v) is 17.3. The van der Waals surface area contributed by atoms with Crippen molar-refractivity contribution in [2.24, 2.45) is 0 Å². The maximum atomic E-state index is 13.0. The molecule has 0 bridgehead atoms. The fourth-order valence-corrected chi connectivity index (χ4v) is 3.30. The van der Waals surface area contributed by atoms with Gasteiger partial charge in [0, 0.05) is 6.20 Å². The predicted molar refractivity (Wildman–Crippen MR) is 107 cm³/mol. The zero-order valence-electron chi connectivity index (χ0n) is 15.7. The molecular formula is C18H18BrFN6O3. The number of hydrogen-bond acceptors (Lipinski definition) is 5. The van der Waals surface area contributed by atoms with E-state index in [1.54, 1.807) is 36.9 Å². The standard InChI is InChI=1S/C18H18BrFN6O3/c1-3-15(25-11(2)8-16(22-25)26(28)29)18(27)21-17-14(19)10-24(23-17)9-12-4-6-13(20)7-5-12/h4-8,10,15H,3,9H2,1-2H3,(H,21,23,27). The maximum absolute atomic E-state index is 13.0. The third-order valence-electron chi connectivity index (χ3n) is 4.30. The Morgan fingerprint density at radius 3 is 2.62 bits per heavy atom. The summed E-state index contributed by atoms with van der Waals surface area (Å²) < 4.78 is 16.6. The first-order valence-electron chi connectivity index (χ1n) is 8.77. The van der Waals surface area contributed by atoms with Gasteiger partial charge in [0.15, 0.2) is 11.9 Å². The van der Waals surface area contributed by atoms with E-state index in [4.69, 9.17) is 0 Å². The molecule has 1 N–H and O–H groups in total. The Labute approximate surface area is 173 Å². The molecule has 152 valence electrons. The summed E-state index contributed by atoms with van der Waals surface area (Å²) in [6.45, 7) is 3.85. The topological polar surface area (TPSA) is 108 Å². The van der Waals surface area contributed by atoms with E-state index in [9.17, 15) is 19.3 Å². The first kappa shape index (κ1) is 20.6. The average Bonchev–Trinajstić information content (AvgIpc) is 3.21. The van der Waals surface area contributed by atoms with E-state index in [2.05, 4.69) is 31.4 Å². The first-order chi connectivity index (χ1) is 13.8. The van der Waals surface area contributed by atoms with Crippen molar-refractivity contribution in [3.8, 4) is 0 Å². The molecule has 0 aliphatic heterocycles. The molecule has 3 rings (SSSR count). The quantitative estimate of drug-likeness (QED) is 0.422. The van der Waals surface area contributed by atoms with Gasteiger partial charge in [0.05, 0.1) is 27.9 Å². The minimum atomic E-state index is -0.724. The third-order valence-corrected chi connectivity index (χ3v) is 4.88. The predicted octanol–water partition coefficient (Wildman–Crippen LogP) is 3.84. The van der Waals surface area contributed by atoms with Crippen molar-refractivity contribution in [3.63, 3.8) is 0 Å². The Hall–Kier alpha value is -3.08. The molecule has 0 fully saturated rings. The highest BCUT2D eigenvalue weighted by Crippen LogP contribution is 2.24. The summed E-state index contributed by atoms with van der Waals surface area (Å²) in [6, 6.07) is 6.65. The number of benzene rings is 1. The zero-order chi connectivity index (χ0) is 21.1. The molecule has 29 heavy (non-hydrogen) atoms. The molecule has 0 saturated carbocycles. The van der Waals surface area contributed by atoms with Crippen molar-refractivity contribution in [2.75, 3.05) is 5.32 Å². The van der Waals surface area contributed by atoms with E-state index in [1.807, 2.05) is 0 Å². The SMILES string of the molecule is CCC(C(=O)Nc1nn(Cc2ccc(F)cc2)cc1Br)n1nc([N+](=O)[O-])cc1C. The van der Waals surface area contributed by atoms with Gasteiger partial charge in [-0.1, -0.05) is 19.1 Å². The number of aromatic nitrogens is 4. The maximum Gasteiger partial charge on any atom is 0.390 e. The summed E-state index contributed by atoms with van der Waals surface area (Å²) in [7, 11) is 0. The van der Waals surface area contributed by atoms with E-state index >= 15 is 0 Å². The molecule has 2 aromatic heterocycles. The van der Waals surface area contributed by atoms with Crippen molar-refractivity contribution in [2.45, 2.75) is 32.9 Å². The molecule has 11 heteroatoms. The van der Waals surface area contributed by atoms with Crippen LogP contribution in [0.5, 0.6) is 0 Å². The smallest absolute Gasteiger partial charge is 0.358 e. The van der Waals surface area contributed by atoms with Crippen molar-refractivity contribution >= 4 is 33.5 Å². The van der Waals surface area contributed by atoms with Gasteiger partial charge in [0.1, 0.15) is 5.82 Å². The van der Waals surface area contributed by atoms with Gasteiger partial charge in [-0.2, -0.15) is 9.78 Å². The lowest BCUT2D eigenvalue weighted by atomic mass is 10.2. The molecule has 1 atom stereocenters. The molecular weight excluding hydrogens is 447 g/mol. The van der Waals surface area contributed by atoms with Gasteiger partial charge >= 0.3 is 5.82 Å². The lowest BCUT2D eigenvalue weighted by molar-refractivity contribution is -0.389. The minimum Gasteiger partial charge on any atom is -0.358 e. The lowest BCUT2D eigenvalue weighted by Gasteiger charge is -2.13. The number of anilines is 1. The fraction of sp³-hybridized carbons (Fsp3) is 0.278. The molecule has 1 amide bonds. The molecule has 0 saturated heterocycles. The number of carbonyl (C=O) groups is 1. The monoisotopic (exact) mass is 464 g/mol. The number of carbonyl (C=O) groups excluding carboxylic acids is 1. The number of rotatable bonds is 7. The Morgan fingerprint density at radius 2 is 2.03 bits per heavy atom. The van der Waals surface area contributed by atoms with Gasteiger partial charge in [-0.25, -0.2) is 4.39 Å². The van der Waals surface area contributed by atoms with E-state index in [0.717, 1.165) is 5.56 Å². The highest BCUT2D eigenvalue weighted by atomic mass is 79.9. The van der Waals surface area contributed by atoms with Crippen molar-refractivity contribution in [3.05, 3.63) is 68.2 Å². The molecule has 3 aromatic rings. The van der Waals surface area contributed by atoms with Crippen LogP contribution >= 0.6 is 15.9 Å². The summed E-state index contributed by atoms with van der Waals surface area (Å²) in [5, 5.41) is 21.9. The van der Waals surface area contributed by atoms with Crippen LogP contribution in [0.1, 0.15) is 30.6 Å². The van der Waals surface area contributed by atoms with Gasteiger partial charge in [-0.3, -0.25) is 9.48 Å². The second-order valence-corrected chi connectivity index (χ2v) is 7.26. The van der Waals surface area contributed by atoms with Crippen LogP contribution in [-0.2, 0) is 11.3 Å². The Kier molecular flexibility index (Phi) is 6.06. The number of hydrogen-bond donors (Lipinski definition) is 1. The van der Waals surface area contributed by atoms with Crippen LogP contribution in [0.4, 0.5) is 16.0 Å². The molecule has 0 aliphatic rings. The molecule has 9 nitrogen and oxygen atoms in total. The highest BCUT2D eigenvalue weighted by Gasteiger charge is 2.28. The summed E-state index contributed by atoms with van der Waals surface area (Å²) in [6.07, 6.45) is 2.09. The number of aryl methyl sites for hydroxylation is 1. The van der Waals surface area contributed by atoms with Crippen LogP contribution in [0.2, 0.25) is 0 Å². The Bertz CT molecular complexity index is 1050. The number of nitrogens with zero attached hydrogens (tertiary/aromatic N) is 5. The van der Waals surface area contributed by atoms with Crippen molar-refractivity contribution in [1.82, 2.24) is 19.6 Å². The largest absolute Gasteiger partial charge is 0.390 e. The van der Waals surface area contributed by atoms with E-state index in [0.29, 0.717) is 29.0 Å². The second-order valence-electron chi connectivity index (χ2n) is 6.41. The summed E-state index contributed by atoms with van der Waals surface area (Å²) in [5.41, 5.74) is 1.37. The Balaban J connectivity index is 1.76. The molecule has 1 aromatic carbocycles. The molecule has 0 aliphatic carbocycles.